The van der Waals surface area contributed by atoms with Crippen LogP contribution in [0.25, 0.3) is 134 Å². The fourth-order valence-corrected chi connectivity index (χ4v) is 16.6. The van der Waals surface area contributed by atoms with E-state index >= 15 is 0 Å². The maximum atomic E-state index is 5.86. The second-order valence-corrected chi connectivity index (χ2v) is 26.4. The zero-order valence-corrected chi connectivity index (χ0v) is 54.2. The van der Waals surface area contributed by atoms with Crippen molar-refractivity contribution < 1.29 is 26.6 Å². The summed E-state index contributed by atoms with van der Waals surface area (Å²) in [4.78, 5) is 36.8. The van der Waals surface area contributed by atoms with Crippen molar-refractivity contribution in [3.05, 3.63) is 285 Å². The van der Waals surface area contributed by atoms with Gasteiger partial charge in [-0.25, -0.2) is 37.6 Å². The fourth-order valence-electron chi connectivity index (χ4n) is 15.5. The molecule has 24 nitrogen and oxygen atoms in total. The van der Waals surface area contributed by atoms with E-state index in [2.05, 4.69) is 216 Å². The Bertz CT molecular complexity index is 6800. The molecule has 101 heavy (non-hydrogen) atoms. The van der Waals surface area contributed by atoms with Crippen LogP contribution in [0.2, 0.25) is 0 Å². The predicted octanol–water partition coefficient (Wildman–Crippen LogP) is 9.64. The summed E-state index contributed by atoms with van der Waals surface area (Å²) in [5, 5.41) is 8.85. The number of fused-ring (bicyclic) bond motifs is 35. The van der Waals surface area contributed by atoms with Gasteiger partial charge in [0, 0.05) is 137 Å². The molecule has 21 aromatic rings. The third kappa shape index (κ3) is 8.25. The molecule has 0 spiro atoms. The second kappa shape index (κ2) is 21.3. The summed E-state index contributed by atoms with van der Waals surface area (Å²) >= 11 is 1.74. The maximum absolute atomic E-state index is 5.86. The van der Waals surface area contributed by atoms with E-state index in [-0.39, 0.29) is 0 Å². The number of para-hydroxylation sites is 1. The van der Waals surface area contributed by atoms with Crippen molar-refractivity contribution in [1.82, 2.24) is 86.3 Å². The van der Waals surface area contributed by atoms with Crippen LogP contribution in [0, 0.1) is 0 Å². The second-order valence-electron chi connectivity index (χ2n) is 25.4. The fraction of sp³-hybridized carbons (Fsp3) is 0.0658. The smallest absolute Gasteiger partial charge is 0.368 e. The molecule has 0 radical (unpaired) electrons. The van der Waals surface area contributed by atoms with E-state index in [1.807, 2.05) is 144 Å². The van der Waals surface area contributed by atoms with Gasteiger partial charge in [-0.2, -0.15) is 36.4 Å². The monoisotopic (exact) mass is 1330 g/mol. The Morgan fingerprint density at radius 3 is 1.71 bits per heavy atom. The number of rotatable bonds is 1. The third-order valence-electron chi connectivity index (χ3n) is 19.9. The maximum Gasteiger partial charge on any atom is 0.469 e. The van der Waals surface area contributed by atoms with Gasteiger partial charge in [-0.15, -0.1) is 9.61 Å². The summed E-state index contributed by atoms with van der Waals surface area (Å²) in [5.41, 5.74) is 26.9. The lowest BCUT2D eigenvalue weighted by molar-refractivity contribution is -0.670. The number of thiazole rings is 1. The van der Waals surface area contributed by atoms with Gasteiger partial charge in [-0.3, -0.25) is 24.9 Å². The standard InChI is InChI=1S/C20H14N5.2C14H10N5.C14H9N4O.C14H9N4S/c1-2-5-15(6-3-1)25-19-17(7-4-9-22-19)24-13-18-16-8-10-21-11-14(16)12-23(18)20(24)25;1-2-11-8-18-13(19(11)16-4-1)9-17-7-10-6-15-5-3-12(10)14(17)18;1-2-11-8-17-9-13-12-3-5-15-6-10(12)7-18(13)14(17)19(11)16-4-1;2*1-2-11-13(16-4-1)19-14-17-7-9-6-15-5-3-10(9)12(17)8-18(11)14/h1-11,13H,12H2;2*1-6,8-9H,7H2;2*1-6,8H,7H2/q5*+1. The summed E-state index contributed by atoms with van der Waals surface area (Å²) in [5.74, 6) is 4.23. The first kappa shape index (κ1) is 55.3. The van der Waals surface area contributed by atoms with Crippen LogP contribution < -0.4 is 22.2 Å². The number of aromatic nitrogens is 23. The molecule has 0 saturated carbocycles. The molecule has 26 rings (SSSR count). The Balaban J connectivity index is 0.0000000805. The zero-order valence-electron chi connectivity index (χ0n) is 53.4. The number of pyridine rings is 8. The lowest BCUT2D eigenvalue weighted by Crippen LogP contribution is -2.29. The Morgan fingerprint density at radius 1 is 0.416 bits per heavy atom. The van der Waals surface area contributed by atoms with Gasteiger partial charge < -0.3 is 4.42 Å². The van der Waals surface area contributed by atoms with Crippen LogP contribution in [0.15, 0.2) is 262 Å². The number of hydrogen-bond acceptors (Lipinski definition) is 12. The van der Waals surface area contributed by atoms with Gasteiger partial charge in [-0.1, -0.05) is 18.2 Å². The number of imidazole rings is 8. The summed E-state index contributed by atoms with van der Waals surface area (Å²) in [6.45, 7) is 4.28. The van der Waals surface area contributed by atoms with Crippen molar-refractivity contribution in [3.8, 4) is 62.1 Å². The molecule has 20 aromatic heterocycles. The molecule has 0 bridgehead atoms. The molecule has 5 aliphatic rings. The molecule has 0 amide bonds. The van der Waals surface area contributed by atoms with E-state index in [0.717, 1.165) is 94.0 Å². The largest absolute Gasteiger partial charge is 0.469 e. The first-order chi connectivity index (χ1) is 50.1. The van der Waals surface area contributed by atoms with Gasteiger partial charge in [0.25, 0.3) is 17.2 Å². The van der Waals surface area contributed by atoms with Crippen molar-refractivity contribution in [2.45, 2.75) is 32.7 Å². The average molecular weight is 1340 g/mol. The summed E-state index contributed by atoms with van der Waals surface area (Å²) in [7, 11) is 0. The highest BCUT2D eigenvalue weighted by atomic mass is 32.1. The molecule has 0 aliphatic carbocycles. The van der Waals surface area contributed by atoms with Crippen LogP contribution in [-0.4, -0.2) is 86.3 Å². The van der Waals surface area contributed by atoms with Gasteiger partial charge in [-0.05, 0) is 114 Å². The van der Waals surface area contributed by atoms with Crippen LogP contribution in [0.5, 0.6) is 0 Å². The number of nitrogens with zero attached hydrogens (tertiary/aromatic N) is 23. The van der Waals surface area contributed by atoms with Crippen LogP contribution in [0.1, 0.15) is 27.8 Å². The molecule has 25 heterocycles. The lowest BCUT2D eigenvalue weighted by Gasteiger charge is -2.00. The van der Waals surface area contributed by atoms with E-state index in [0.29, 0.717) is 5.71 Å². The van der Waals surface area contributed by atoms with Gasteiger partial charge in [0.2, 0.25) is 5.65 Å². The highest BCUT2D eigenvalue weighted by Gasteiger charge is 2.37. The predicted molar refractivity (Wildman–Crippen MR) is 372 cm³/mol. The normalized spacial score (nSPS) is 13.0. The molecule has 0 fully saturated rings. The van der Waals surface area contributed by atoms with E-state index in [4.69, 9.17) is 4.42 Å². The topological polar surface area (TPSA) is 200 Å². The van der Waals surface area contributed by atoms with E-state index in [9.17, 15) is 0 Å². The van der Waals surface area contributed by atoms with Crippen molar-refractivity contribution >= 4 is 83.1 Å². The average Bonchev–Trinajstić information content (AvgIpc) is 1.56. The summed E-state index contributed by atoms with van der Waals surface area (Å²) < 4.78 is 34.3. The minimum Gasteiger partial charge on any atom is -0.368 e. The first-order valence-electron chi connectivity index (χ1n) is 33.0. The molecule has 478 valence electrons. The molecule has 0 N–H and O–H groups in total. The third-order valence-corrected chi connectivity index (χ3v) is 21.0. The molecular weight excluding hydrogens is 1280 g/mol. The minimum absolute atomic E-state index is 0.668. The number of hydrogen-bond donors (Lipinski definition) is 0. The number of oxazole rings is 1. The Labute approximate surface area is 573 Å². The molecule has 25 heteroatoms. The van der Waals surface area contributed by atoms with Gasteiger partial charge in [0.05, 0.1) is 24.8 Å². The minimum atomic E-state index is 0.668. The number of benzene rings is 1. The summed E-state index contributed by atoms with van der Waals surface area (Å²) in [6.07, 6.45) is 43.1. The Kier molecular flexibility index (Phi) is 11.7. The summed E-state index contributed by atoms with van der Waals surface area (Å²) in [6, 6.07) is 41.0. The van der Waals surface area contributed by atoms with Crippen molar-refractivity contribution in [3.63, 3.8) is 0 Å². The van der Waals surface area contributed by atoms with Crippen LogP contribution in [-0.2, 0) is 32.7 Å². The van der Waals surface area contributed by atoms with E-state index in [1.165, 1.54) is 94.7 Å². The lowest BCUT2D eigenvalue weighted by atomic mass is 10.1. The molecule has 0 atom stereocenters. The van der Waals surface area contributed by atoms with E-state index in [1.54, 1.807) is 17.5 Å². The van der Waals surface area contributed by atoms with Crippen LogP contribution >= 0.6 is 11.3 Å². The molecular formula is C76H52N23OS+5. The van der Waals surface area contributed by atoms with Gasteiger partial charge in [0.15, 0.2) is 44.5 Å². The first-order valence-corrected chi connectivity index (χ1v) is 33.8. The van der Waals surface area contributed by atoms with Crippen LogP contribution in [0.4, 0.5) is 0 Å². The van der Waals surface area contributed by atoms with Crippen LogP contribution in [0.3, 0.4) is 0 Å². The van der Waals surface area contributed by atoms with Gasteiger partial charge in [0.1, 0.15) is 79.4 Å². The Hall–Kier alpha value is -13.8. The zero-order chi connectivity index (χ0) is 66.0. The molecule has 0 saturated heterocycles. The Morgan fingerprint density at radius 2 is 0.980 bits per heavy atom. The molecule has 5 aliphatic heterocycles. The van der Waals surface area contributed by atoms with Crippen molar-refractivity contribution in [2.75, 3.05) is 0 Å². The SMILES string of the molecule is c1ccc(-n2c3ncccc3[n+]3cc4n(c23)Cc2cnccc2-4)cc1.c1cnc2oc3n4c(c[n+]3c2c1)-c1ccncc1C4.c1cnc2sc3n4c(c[n+]3c2c1)-c1ccncc1C4.c1cnn2c(c1)c[n+]1cc3n(c21)Cc1cnccc1-3.c1cnn2c(c1)cn1c3[n+](cc12)Cc1cnccc1-3. The molecule has 1 aromatic carbocycles. The van der Waals surface area contributed by atoms with Crippen molar-refractivity contribution in [1.29, 1.82) is 0 Å². The van der Waals surface area contributed by atoms with Gasteiger partial charge >= 0.3 is 22.4 Å². The highest BCUT2D eigenvalue weighted by Crippen LogP contribution is 2.38. The van der Waals surface area contributed by atoms with Crippen molar-refractivity contribution in [2.24, 2.45) is 0 Å². The molecule has 0 unspecified atom stereocenters. The quantitative estimate of drug-likeness (QED) is 0.142. The van der Waals surface area contributed by atoms with E-state index < -0.39 is 0 Å². The highest BCUT2D eigenvalue weighted by molar-refractivity contribution is 7.22.